The summed E-state index contributed by atoms with van der Waals surface area (Å²) in [5, 5.41) is 1.27. The van der Waals surface area contributed by atoms with Gasteiger partial charge in [-0.15, -0.1) is 0 Å². The van der Waals surface area contributed by atoms with E-state index in [9.17, 15) is 4.79 Å². The lowest BCUT2D eigenvalue weighted by Gasteiger charge is -2.14. The van der Waals surface area contributed by atoms with Gasteiger partial charge in [-0.05, 0) is 66.4 Å². The number of hydrogen-bond acceptors (Lipinski definition) is 3. The van der Waals surface area contributed by atoms with E-state index in [1.54, 1.807) is 4.57 Å². The van der Waals surface area contributed by atoms with Crippen LogP contribution in [0, 0.1) is 0 Å². The Hall–Kier alpha value is -3.11. The van der Waals surface area contributed by atoms with Crippen LogP contribution in [0.5, 0.6) is 5.75 Å². The van der Waals surface area contributed by atoms with Crippen LogP contribution in [0.4, 0.5) is 0 Å². The van der Waals surface area contributed by atoms with Crippen molar-refractivity contribution in [2.24, 2.45) is 0 Å². The second-order valence-corrected chi connectivity index (χ2v) is 8.28. The largest absolute Gasteiger partial charge is 0.494 e. The number of aromatic nitrogens is 2. The first kappa shape index (κ1) is 21.1. The van der Waals surface area contributed by atoms with Crippen LogP contribution in [0.2, 0.25) is 5.02 Å². The summed E-state index contributed by atoms with van der Waals surface area (Å²) in [6, 6.07) is 23.0. The molecule has 0 aliphatic carbocycles. The molecule has 5 heteroatoms. The molecule has 0 aliphatic rings. The Kier molecular flexibility index (Phi) is 6.38. The van der Waals surface area contributed by atoms with E-state index in [2.05, 4.69) is 26.0 Å². The Labute approximate surface area is 187 Å². The van der Waals surface area contributed by atoms with Gasteiger partial charge in [-0.1, -0.05) is 49.7 Å². The van der Waals surface area contributed by atoms with Gasteiger partial charge in [0, 0.05) is 17.1 Å². The zero-order valence-electron chi connectivity index (χ0n) is 17.7. The number of benzene rings is 3. The summed E-state index contributed by atoms with van der Waals surface area (Å²) < 4.78 is 7.69. The molecular formula is C26H25ClN2O2. The molecule has 4 rings (SSSR count). The highest BCUT2D eigenvalue weighted by Gasteiger charge is 2.13. The lowest BCUT2D eigenvalue weighted by molar-refractivity contribution is 0.301. The fraction of sp³-hybridized carbons (Fsp3) is 0.231. The topological polar surface area (TPSA) is 44.1 Å². The van der Waals surface area contributed by atoms with Crippen molar-refractivity contribution in [2.45, 2.75) is 32.7 Å². The van der Waals surface area contributed by atoms with Crippen molar-refractivity contribution < 1.29 is 4.74 Å². The summed E-state index contributed by atoms with van der Waals surface area (Å²) in [6.45, 7) is 5.35. The Morgan fingerprint density at radius 1 is 1.00 bits per heavy atom. The molecule has 0 N–H and O–H groups in total. The van der Waals surface area contributed by atoms with E-state index in [1.165, 1.54) is 5.56 Å². The number of para-hydroxylation sites is 1. The minimum absolute atomic E-state index is 0.0441. The molecule has 4 aromatic rings. The molecule has 0 fully saturated rings. The summed E-state index contributed by atoms with van der Waals surface area (Å²) in [6.07, 6.45) is 0.687. The molecule has 0 saturated heterocycles. The smallest absolute Gasteiger partial charge is 0.261 e. The first-order chi connectivity index (χ1) is 15.0. The molecule has 1 aromatic heterocycles. The third-order valence-electron chi connectivity index (χ3n) is 5.28. The maximum Gasteiger partial charge on any atom is 0.261 e. The second-order valence-electron chi connectivity index (χ2n) is 7.85. The molecule has 0 bridgehead atoms. The van der Waals surface area contributed by atoms with Crippen LogP contribution in [-0.2, 0) is 6.54 Å². The number of rotatable bonds is 7. The standard InChI is InChI=1S/C26H25ClN2O2/c1-18(2)20-7-5-8-22(17-20)31-16-6-15-29-25(19-11-13-21(27)14-12-19)28-24-10-4-3-9-23(24)26(29)30/h3-5,7-14,17-18H,6,15-16H2,1-2H3. The van der Waals surface area contributed by atoms with Crippen molar-refractivity contribution in [1.82, 2.24) is 9.55 Å². The quantitative estimate of drug-likeness (QED) is 0.321. The van der Waals surface area contributed by atoms with Crippen molar-refractivity contribution in [3.05, 3.63) is 93.7 Å². The highest BCUT2D eigenvalue weighted by atomic mass is 35.5. The van der Waals surface area contributed by atoms with Gasteiger partial charge < -0.3 is 4.74 Å². The summed E-state index contributed by atoms with van der Waals surface area (Å²) in [5.41, 5.74) is 2.75. The molecule has 0 spiro atoms. The summed E-state index contributed by atoms with van der Waals surface area (Å²) in [4.78, 5) is 18.0. The monoisotopic (exact) mass is 432 g/mol. The van der Waals surface area contributed by atoms with E-state index in [0.29, 0.717) is 47.2 Å². The van der Waals surface area contributed by atoms with Crippen LogP contribution in [0.15, 0.2) is 77.6 Å². The fourth-order valence-corrected chi connectivity index (χ4v) is 3.70. The highest BCUT2D eigenvalue weighted by Crippen LogP contribution is 2.22. The summed E-state index contributed by atoms with van der Waals surface area (Å²) >= 11 is 6.05. The lowest BCUT2D eigenvalue weighted by atomic mass is 10.0. The van der Waals surface area contributed by atoms with Crippen molar-refractivity contribution in [1.29, 1.82) is 0 Å². The van der Waals surface area contributed by atoms with Gasteiger partial charge in [-0.25, -0.2) is 4.98 Å². The van der Waals surface area contributed by atoms with Gasteiger partial charge in [-0.3, -0.25) is 9.36 Å². The Balaban J connectivity index is 1.58. The maximum absolute atomic E-state index is 13.2. The molecule has 158 valence electrons. The summed E-state index contributed by atoms with van der Waals surface area (Å²) in [7, 11) is 0. The molecule has 0 saturated carbocycles. The van der Waals surface area contributed by atoms with Gasteiger partial charge in [0.25, 0.3) is 5.56 Å². The molecule has 4 nitrogen and oxygen atoms in total. The van der Waals surface area contributed by atoms with Crippen molar-refractivity contribution in [2.75, 3.05) is 6.61 Å². The fourth-order valence-electron chi connectivity index (χ4n) is 3.57. The van der Waals surface area contributed by atoms with Crippen LogP contribution in [0.3, 0.4) is 0 Å². The van der Waals surface area contributed by atoms with Gasteiger partial charge in [0.15, 0.2) is 0 Å². The van der Waals surface area contributed by atoms with Crippen LogP contribution < -0.4 is 10.3 Å². The van der Waals surface area contributed by atoms with Gasteiger partial charge in [0.2, 0.25) is 0 Å². The first-order valence-electron chi connectivity index (χ1n) is 10.5. The molecular weight excluding hydrogens is 408 g/mol. The minimum Gasteiger partial charge on any atom is -0.494 e. The van der Waals surface area contributed by atoms with Gasteiger partial charge in [0.1, 0.15) is 11.6 Å². The van der Waals surface area contributed by atoms with Crippen molar-refractivity contribution in [3.63, 3.8) is 0 Å². The maximum atomic E-state index is 13.2. The molecule has 0 unspecified atom stereocenters. The predicted octanol–water partition coefficient (Wildman–Crippen LogP) is 6.31. The lowest BCUT2D eigenvalue weighted by Crippen LogP contribution is -2.24. The SMILES string of the molecule is CC(C)c1cccc(OCCCn2c(-c3ccc(Cl)cc3)nc3ccccc3c2=O)c1. The zero-order chi connectivity index (χ0) is 21.8. The van der Waals surface area contributed by atoms with Crippen molar-refractivity contribution >= 4 is 22.5 Å². The van der Waals surface area contributed by atoms with Crippen LogP contribution in [-0.4, -0.2) is 16.2 Å². The molecule has 0 radical (unpaired) electrons. The Morgan fingerprint density at radius 2 is 1.77 bits per heavy atom. The predicted molar refractivity (Wildman–Crippen MR) is 127 cm³/mol. The van der Waals surface area contributed by atoms with E-state index in [4.69, 9.17) is 21.3 Å². The number of hydrogen-bond donors (Lipinski definition) is 0. The third kappa shape index (κ3) is 4.80. The molecule has 31 heavy (non-hydrogen) atoms. The van der Waals surface area contributed by atoms with E-state index in [-0.39, 0.29) is 5.56 Å². The van der Waals surface area contributed by atoms with Crippen LogP contribution in [0.1, 0.15) is 31.7 Å². The summed E-state index contributed by atoms with van der Waals surface area (Å²) in [5.74, 6) is 1.95. The van der Waals surface area contributed by atoms with Crippen LogP contribution in [0.25, 0.3) is 22.3 Å². The average molecular weight is 433 g/mol. The Morgan fingerprint density at radius 3 is 2.55 bits per heavy atom. The van der Waals surface area contributed by atoms with E-state index >= 15 is 0 Å². The van der Waals surface area contributed by atoms with E-state index in [0.717, 1.165) is 11.3 Å². The van der Waals surface area contributed by atoms with Crippen molar-refractivity contribution in [3.8, 4) is 17.1 Å². The Bertz CT molecular complexity index is 1250. The molecule has 1 heterocycles. The van der Waals surface area contributed by atoms with Gasteiger partial charge in [0.05, 0.1) is 17.5 Å². The first-order valence-corrected chi connectivity index (χ1v) is 10.9. The normalized spacial score (nSPS) is 11.2. The zero-order valence-corrected chi connectivity index (χ0v) is 18.5. The number of fused-ring (bicyclic) bond motifs is 1. The number of ether oxygens (including phenoxy) is 1. The van der Waals surface area contributed by atoms with E-state index < -0.39 is 0 Å². The molecule has 0 atom stereocenters. The second kappa shape index (κ2) is 9.36. The highest BCUT2D eigenvalue weighted by molar-refractivity contribution is 6.30. The van der Waals surface area contributed by atoms with Gasteiger partial charge in [-0.2, -0.15) is 0 Å². The third-order valence-corrected chi connectivity index (χ3v) is 5.54. The average Bonchev–Trinajstić information content (AvgIpc) is 2.78. The number of halogens is 1. The molecule has 0 aliphatic heterocycles. The minimum atomic E-state index is -0.0441. The van der Waals surface area contributed by atoms with Gasteiger partial charge >= 0.3 is 0 Å². The van der Waals surface area contributed by atoms with E-state index in [1.807, 2.05) is 60.7 Å². The molecule has 0 amide bonds. The van der Waals surface area contributed by atoms with Crippen LogP contribution >= 0.6 is 11.6 Å². The molecule has 3 aromatic carbocycles. The number of nitrogens with zero attached hydrogens (tertiary/aromatic N) is 2.